The lowest BCUT2D eigenvalue weighted by atomic mass is 10.2. The van der Waals surface area contributed by atoms with Crippen molar-refractivity contribution in [1.82, 2.24) is 19.9 Å². The van der Waals surface area contributed by atoms with Gasteiger partial charge in [-0.3, -0.25) is 4.79 Å². The highest BCUT2D eigenvalue weighted by Gasteiger charge is 2.16. The molecule has 1 aromatic heterocycles. The molecular weight excluding hydrogens is 242 g/mol. The van der Waals surface area contributed by atoms with Gasteiger partial charge in [0.05, 0.1) is 5.69 Å². The quantitative estimate of drug-likeness (QED) is 0.844. The third-order valence-corrected chi connectivity index (χ3v) is 3.48. The Balaban J connectivity index is 1.85. The van der Waals surface area contributed by atoms with Crippen LogP contribution in [0.5, 0.6) is 0 Å². The zero-order valence-electron chi connectivity index (χ0n) is 11.4. The molecular formula is C13H23N5O. The van der Waals surface area contributed by atoms with E-state index in [2.05, 4.69) is 10.3 Å². The maximum Gasteiger partial charge on any atom is 0.244 e. The van der Waals surface area contributed by atoms with E-state index in [1.165, 1.54) is 12.8 Å². The number of nitrogens with two attached hydrogens (primary N) is 1. The molecule has 0 radical (unpaired) electrons. The van der Waals surface area contributed by atoms with Gasteiger partial charge in [0.25, 0.3) is 0 Å². The molecule has 6 nitrogen and oxygen atoms in total. The second-order valence-corrected chi connectivity index (χ2v) is 5.09. The molecule has 1 aliphatic heterocycles. The van der Waals surface area contributed by atoms with Crippen molar-refractivity contribution in [2.75, 3.05) is 19.6 Å². The summed E-state index contributed by atoms with van der Waals surface area (Å²) in [6.07, 6.45) is 8.28. The number of aromatic nitrogens is 3. The summed E-state index contributed by atoms with van der Waals surface area (Å²) in [7, 11) is 0. The average molecular weight is 265 g/mol. The fourth-order valence-corrected chi connectivity index (χ4v) is 2.37. The number of rotatable bonds is 5. The Morgan fingerprint density at radius 2 is 2.00 bits per heavy atom. The first-order chi connectivity index (χ1) is 9.29. The molecule has 19 heavy (non-hydrogen) atoms. The lowest BCUT2D eigenvalue weighted by Gasteiger charge is -2.19. The lowest BCUT2D eigenvalue weighted by molar-refractivity contribution is -0.132. The first-order valence-corrected chi connectivity index (χ1v) is 7.16. The highest BCUT2D eigenvalue weighted by molar-refractivity contribution is 5.75. The molecule has 2 N–H and O–H groups in total. The van der Waals surface area contributed by atoms with Crippen LogP contribution in [0.1, 0.15) is 37.8 Å². The van der Waals surface area contributed by atoms with Crippen LogP contribution in [0.15, 0.2) is 6.20 Å². The summed E-state index contributed by atoms with van der Waals surface area (Å²) in [6, 6.07) is 0. The molecule has 0 atom stereocenters. The van der Waals surface area contributed by atoms with E-state index in [9.17, 15) is 4.79 Å². The van der Waals surface area contributed by atoms with Gasteiger partial charge < -0.3 is 10.6 Å². The smallest absolute Gasteiger partial charge is 0.244 e. The molecule has 2 rings (SSSR count). The largest absolute Gasteiger partial charge is 0.341 e. The van der Waals surface area contributed by atoms with Gasteiger partial charge in [-0.25, -0.2) is 4.68 Å². The van der Waals surface area contributed by atoms with E-state index in [1.807, 2.05) is 11.1 Å². The molecule has 1 fully saturated rings. The van der Waals surface area contributed by atoms with Gasteiger partial charge in [-0.05, 0) is 32.2 Å². The van der Waals surface area contributed by atoms with Crippen LogP contribution in [-0.4, -0.2) is 45.4 Å². The molecule has 106 valence electrons. The summed E-state index contributed by atoms with van der Waals surface area (Å²) in [4.78, 5) is 14.1. The number of carbonyl (C=O) groups is 1. The van der Waals surface area contributed by atoms with Crippen molar-refractivity contribution >= 4 is 5.91 Å². The minimum atomic E-state index is 0.150. The highest BCUT2D eigenvalue weighted by atomic mass is 16.2. The SMILES string of the molecule is NCCCc1cn(CC(=O)N2CCCCCC2)nn1. The summed E-state index contributed by atoms with van der Waals surface area (Å²) in [5.41, 5.74) is 6.37. The zero-order valence-corrected chi connectivity index (χ0v) is 11.4. The molecule has 1 saturated heterocycles. The maximum absolute atomic E-state index is 12.2. The van der Waals surface area contributed by atoms with E-state index in [0.29, 0.717) is 13.1 Å². The molecule has 0 saturated carbocycles. The van der Waals surface area contributed by atoms with Crippen LogP contribution >= 0.6 is 0 Å². The fraction of sp³-hybridized carbons (Fsp3) is 0.769. The van der Waals surface area contributed by atoms with E-state index >= 15 is 0 Å². The molecule has 0 aromatic carbocycles. The van der Waals surface area contributed by atoms with Gasteiger partial charge >= 0.3 is 0 Å². The molecule has 1 aromatic rings. The van der Waals surface area contributed by atoms with Gasteiger partial charge in [0, 0.05) is 19.3 Å². The van der Waals surface area contributed by atoms with Crippen molar-refractivity contribution < 1.29 is 4.79 Å². The van der Waals surface area contributed by atoms with Gasteiger partial charge in [-0.1, -0.05) is 18.1 Å². The Kier molecular flexibility index (Phi) is 5.32. The number of aryl methyl sites for hydroxylation is 1. The Morgan fingerprint density at radius 1 is 1.26 bits per heavy atom. The molecule has 2 heterocycles. The van der Waals surface area contributed by atoms with Crippen molar-refractivity contribution in [2.45, 2.75) is 45.1 Å². The monoisotopic (exact) mass is 265 g/mol. The standard InChI is InChI=1S/C13H23N5O/c14-7-5-6-12-10-18(16-15-12)11-13(19)17-8-3-1-2-4-9-17/h10H,1-9,11,14H2. The maximum atomic E-state index is 12.2. The molecule has 1 aliphatic rings. The Hall–Kier alpha value is -1.43. The van der Waals surface area contributed by atoms with Crippen LogP contribution in [0.3, 0.4) is 0 Å². The van der Waals surface area contributed by atoms with Gasteiger partial charge in [-0.2, -0.15) is 0 Å². The van der Waals surface area contributed by atoms with Crippen molar-refractivity contribution in [1.29, 1.82) is 0 Å². The fourth-order valence-electron chi connectivity index (χ4n) is 2.37. The molecule has 0 aliphatic carbocycles. The summed E-state index contributed by atoms with van der Waals surface area (Å²) in [6.45, 7) is 2.72. The van der Waals surface area contributed by atoms with E-state index in [-0.39, 0.29) is 5.91 Å². The van der Waals surface area contributed by atoms with Gasteiger partial charge in [0.15, 0.2) is 0 Å². The summed E-state index contributed by atoms with van der Waals surface area (Å²) < 4.78 is 1.64. The van der Waals surface area contributed by atoms with Gasteiger partial charge in [0.1, 0.15) is 6.54 Å². The topological polar surface area (TPSA) is 77.0 Å². The number of carbonyl (C=O) groups excluding carboxylic acids is 1. The van der Waals surface area contributed by atoms with Crippen LogP contribution in [0, 0.1) is 0 Å². The summed E-state index contributed by atoms with van der Waals surface area (Å²) >= 11 is 0. The molecule has 1 amide bonds. The van der Waals surface area contributed by atoms with Gasteiger partial charge in [0.2, 0.25) is 5.91 Å². The minimum Gasteiger partial charge on any atom is -0.341 e. The molecule has 6 heteroatoms. The lowest BCUT2D eigenvalue weighted by Crippen LogP contribution is -2.34. The predicted molar refractivity (Wildman–Crippen MR) is 72.4 cm³/mol. The second kappa shape index (κ2) is 7.23. The van der Waals surface area contributed by atoms with Crippen molar-refractivity contribution in [3.05, 3.63) is 11.9 Å². The summed E-state index contributed by atoms with van der Waals surface area (Å²) in [5.74, 6) is 0.150. The van der Waals surface area contributed by atoms with Crippen LogP contribution in [0.4, 0.5) is 0 Å². The average Bonchev–Trinajstić information content (AvgIpc) is 2.68. The van der Waals surface area contributed by atoms with Crippen molar-refractivity contribution in [3.8, 4) is 0 Å². The van der Waals surface area contributed by atoms with Crippen molar-refractivity contribution in [3.63, 3.8) is 0 Å². The van der Waals surface area contributed by atoms with Crippen LogP contribution in [0.25, 0.3) is 0 Å². The normalized spacial score (nSPS) is 16.4. The Labute approximate surface area is 113 Å². The van der Waals surface area contributed by atoms with Crippen LogP contribution in [-0.2, 0) is 17.8 Å². The van der Waals surface area contributed by atoms with Crippen LogP contribution in [0.2, 0.25) is 0 Å². The Bertz CT molecular complexity index is 395. The van der Waals surface area contributed by atoms with E-state index in [0.717, 1.165) is 44.5 Å². The predicted octanol–water partition coefficient (Wildman–Crippen LogP) is 0.572. The van der Waals surface area contributed by atoms with Gasteiger partial charge in [-0.15, -0.1) is 5.10 Å². The number of hydrogen-bond acceptors (Lipinski definition) is 4. The number of amides is 1. The number of hydrogen-bond donors (Lipinski definition) is 1. The van der Waals surface area contributed by atoms with E-state index in [4.69, 9.17) is 5.73 Å². The zero-order chi connectivity index (χ0) is 13.5. The van der Waals surface area contributed by atoms with Crippen LogP contribution < -0.4 is 5.73 Å². The Morgan fingerprint density at radius 3 is 2.68 bits per heavy atom. The second-order valence-electron chi connectivity index (χ2n) is 5.09. The number of nitrogens with zero attached hydrogens (tertiary/aromatic N) is 4. The molecule has 0 bridgehead atoms. The highest BCUT2D eigenvalue weighted by Crippen LogP contribution is 2.10. The third-order valence-electron chi connectivity index (χ3n) is 3.48. The molecule has 0 unspecified atom stereocenters. The van der Waals surface area contributed by atoms with E-state index < -0.39 is 0 Å². The first-order valence-electron chi connectivity index (χ1n) is 7.16. The first kappa shape index (κ1) is 14.0. The summed E-state index contributed by atoms with van der Waals surface area (Å²) in [5, 5.41) is 8.06. The number of likely N-dealkylation sites (tertiary alicyclic amines) is 1. The molecule has 0 spiro atoms. The van der Waals surface area contributed by atoms with Crippen molar-refractivity contribution in [2.24, 2.45) is 5.73 Å². The minimum absolute atomic E-state index is 0.150. The third kappa shape index (κ3) is 4.31. The van der Waals surface area contributed by atoms with E-state index in [1.54, 1.807) is 4.68 Å².